The third-order valence-corrected chi connectivity index (χ3v) is 6.50. The summed E-state index contributed by atoms with van der Waals surface area (Å²) in [6.45, 7) is 3.47. The summed E-state index contributed by atoms with van der Waals surface area (Å²) >= 11 is 0. The molecule has 1 heterocycles. The molecule has 8 heteroatoms. The number of benzene rings is 1. The van der Waals surface area contributed by atoms with Crippen LogP contribution in [-0.4, -0.2) is 50.0 Å². The predicted molar refractivity (Wildman–Crippen MR) is 104 cm³/mol. The maximum atomic E-state index is 12.7. The van der Waals surface area contributed by atoms with Crippen LogP contribution in [0.25, 0.3) is 0 Å². The fraction of sp³-hybridized carbons (Fsp3) is 0.632. The Kier molecular flexibility index (Phi) is 8.53. The van der Waals surface area contributed by atoms with E-state index in [1.54, 1.807) is 0 Å². The summed E-state index contributed by atoms with van der Waals surface area (Å²) in [4.78, 5) is 12.2. The summed E-state index contributed by atoms with van der Waals surface area (Å²) in [6, 6.07) is 3.97. The largest absolute Gasteiger partial charge is 0.506 e. The van der Waals surface area contributed by atoms with Crippen LogP contribution in [0.2, 0.25) is 0 Å². The van der Waals surface area contributed by atoms with Crippen LogP contribution >= 0.6 is 0 Å². The Balaban J connectivity index is 1.95. The van der Waals surface area contributed by atoms with E-state index in [0.717, 1.165) is 19.3 Å². The minimum absolute atomic E-state index is 0.0528. The molecular weight excluding hydrogens is 368 g/mol. The summed E-state index contributed by atoms with van der Waals surface area (Å²) in [6.07, 6.45) is 6.81. The van der Waals surface area contributed by atoms with Crippen LogP contribution in [0.5, 0.6) is 5.75 Å². The van der Waals surface area contributed by atoms with Crippen molar-refractivity contribution in [2.75, 3.05) is 31.6 Å². The van der Waals surface area contributed by atoms with Crippen molar-refractivity contribution in [2.45, 2.75) is 56.8 Å². The second kappa shape index (κ2) is 10.6. The molecule has 1 fully saturated rings. The number of anilines is 1. The molecular formula is C19H30N2O5S. The molecule has 2 N–H and O–H groups in total. The number of morpholine rings is 1. The highest BCUT2D eigenvalue weighted by molar-refractivity contribution is 7.89. The van der Waals surface area contributed by atoms with Gasteiger partial charge in [0.25, 0.3) is 0 Å². The monoisotopic (exact) mass is 398 g/mol. The van der Waals surface area contributed by atoms with E-state index in [2.05, 4.69) is 12.2 Å². The molecule has 1 amide bonds. The van der Waals surface area contributed by atoms with Crippen molar-refractivity contribution in [1.29, 1.82) is 0 Å². The van der Waals surface area contributed by atoms with Crippen molar-refractivity contribution in [1.82, 2.24) is 4.31 Å². The lowest BCUT2D eigenvalue weighted by atomic mass is 10.1. The molecule has 1 aromatic carbocycles. The Morgan fingerprint density at radius 2 is 1.81 bits per heavy atom. The van der Waals surface area contributed by atoms with Gasteiger partial charge in [-0.3, -0.25) is 4.79 Å². The number of phenols is 1. The number of amides is 1. The molecule has 1 aliphatic rings. The average molecular weight is 399 g/mol. The fourth-order valence-corrected chi connectivity index (χ4v) is 4.43. The Morgan fingerprint density at radius 1 is 1.15 bits per heavy atom. The van der Waals surface area contributed by atoms with Gasteiger partial charge in [-0.25, -0.2) is 8.42 Å². The smallest absolute Gasteiger partial charge is 0.243 e. The first-order chi connectivity index (χ1) is 12.9. The first-order valence-corrected chi connectivity index (χ1v) is 11.1. The quantitative estimate of drug-likeness (QED) is 0.466. The van der Waals surface area contributed by atoms with Crippen LogP contribution in [0, 0.1) is 0 Å². The average Bonchev–Trinajstić information content (AvgIpc) is 2.67. The van der Waals surface area contributed by atoms with Gasteiger partial charge in [-0.05, 0) is 24.6 Å². The molecule has 0 saturated carbocycles. The number of phenolic OH excluding ortho intramolecular Hbond substituents is 1. The molecule has 0 unspecified atom stereocenters. The second-order valence-corrected chi connectivity index (χ2v) is 8.70. The van der Waals surface area contributed by atoms with E-state index in [1.165, 1.54) is 41.8 Å². The maximum Gasteiger partial charge on any atom is 0.243 e. The van der Waals surface area contributed by atoms with Crippen molar-refractivity contribution in [2.24, 2.45) is 0 Å². The molecule has 0 atom stereocenters. The summed E-state index contributed by atoms with van der Waals surface area (Å²) in [5, 5.41) is 12.6. The van der Waals surface area contributed by atoms with E-state index in [4.69, 9.17) is 4.74 Å². The molecule has 0 aromatic heterocycles. The highest BCUT2D eigenvalue weighted by atomic mass is 32.2. The number of carbonyl (C=O) groups is 1. The molecule has 1 aromatic rings. The molecule has 1 saturated heterocycles. The van der Waals surface area contributed by atoms with E-state index in [0.29, 0.717) is 32.7 Å². The van der Waals surface area contributed by atoms with E-state index in [1.807, 2.05) is 0 Å². The number of aromatic hydroxyl groups is 1. The van der Waals surface area contributed by atoms with Crippen LogP contribution in [0.4, 0.5) is 5.69 Å². The zero-order chi connectivity index (χ0) is 19.7. The van der Waals surface area contributed by atoms with Crippen LogP contribution in [0.1, 0.15) is 51.9 Å². The number of hydrogen-bond acceptors (Lipinski definition) is 5. The molecule has 0 bridgehead atoms. The number of hydrogen-bond donors (Lipinski definition) is 2. The normalized spacial score (nSPS) is 15.6. The van der Waals surface area contributed by atoms with Gasteiger partial charge in [-0.1, -0.05) is 39.0 Å². The van der Waals surface area contributed by atoms with Crippen LogP contribution in [0.15, 0.2) is 23.1 Å². The van der Waals surface area contributed by atoms with Gasteiger partial charge in [0.15, 0.2) is 0 Å². The number of sulfonamides is 1. The molecule has 7 nitrogen and oxygen atoms in total. The fourth-order valence-electron chi connectivity index (χ4n) is 2.99. The third kappa shape index (κ3) is 6.48. The second-order valence-electron chi connectivity index (χ2n) is 6.76. The Labute approximate surface area is 161 Å². The third-order valence-electron chi connectivity index (χ3n) is 4.61. The Bertz CT molecular complexity index is 715. The minimum atomic E-state index is -3.68. The molecule has 1 aliphatic heterocycles. The van der Waals surface area contributed by atoms with E-state index in [-0.39, 0.29) is 22.2 Å². The van der Waals surface area contributed by atoms with Crippen molar-refractivity contribution in [3.8, 4) is 5.75 Å². The minimum Gasteiger partial charge on any atom is -0.506 e. The molecule has 0 spiro atoms. The summed E-state index contributed by atoms with van der Waals surface area (Å²) in [7, 11) is -3.68. The van der Waals surface area contributed by atoms with Gasteiger partial charge < -0.3 is 15.2 Å². The van der Waals surface area contributed by atoms with Crippen LogP contribution < -0.4 is 5.32 Å². The zero-order valence-electron chi connectivity index (χ0n) is 15.9. The van der Waals surface area contributed by atoms with Gasteiger partial charge in [0.05, 0.1) is 23.8 Å². The number of nitrogens with zero attached hydrogens (tertiary/aromatic N) is 1. The highest BCUT2D eigenvalue weighted by Gasteiger charge is 2.27. The van der Waals surface area contributed by atoms with E-state index < -0.39 is 10.0 Å². The van der Waals surface area contributed by atoms with Crippen molar-refractivity contribution >= 4 is 21.6 Å². The van der Waals surface area contributed by atoms with Gasteiger partial charge in [-0.15, -0.1) is 0 Å². The first kappa shape index (κ1) is 21.7. The Hall–Kier alpha value is -1.64. The number of carbonyl (C=O) groups excluding carboxylic acids is 1. The zero-order valence-corrected chi connectivity index (χ0v) is 16.8. The lowest BCUT2D eigenvalue weighted by Gasteiger charge is -2.26. The van der Waals surface area contributed by atoms with Crippen LogP contribution in [-0.2, 0) is 19.6 Å². The van der Waals surface area contributed by atoms with Crippen molar-refractivity contribution in [3.05, 3.63) is 18.2 Å². The van der Waals surface area contributed by atoms with Gasteiger partial charge in [-0.2, -0.15) is 4.31 Å². The van der Waals surface area contributed by atoms with Gasteiger partial charge in [0.1, 0.15) is 5.75 Å². The summed E-state index contributed by atoms with van der Waals surface area (Å²) in [5.74, 6) is -0.367. The topological polar surface area (TPSA) is 95.9 Å². The number of unbranched alkanes of at least 4 members (excludes halogenated alkanes) is 5. The molecule has 152 valence electrons. The van der Waals surface area contributed by atoms with Crippen molar-refractivity contribution < 1.29 is 23.1 Å². The molecule has 0 radical (unpaired) electrons. The van der Waals surface area contributed by atoms with Crippen LogP contribution in [0.3, 0.4) is 0 Å². The van der Waals surface area contributed by atoms with Gasteiger partial charge in [0.2, 0.25) is 15.9 Å². The van der Waals surface area contributed by atoms with E-state index in [9.17, 15) is 18.3 Å². The molecule has 0 aliphatic carbocycles. The van der Waals surface area contributed by atoms with E-state index >= 15 is 0 Å². The standard InChI is InChI=1S/C19H30N2O5S/c1-2-3-4-5-6-7-8-19(23)20-17-15-16(9-10-18(17)22)27(24,25)21-11-13-26-14-12-21/h9-10,15,22H,2-8,11-14H2,1H3,(H,20,23). The predicted octanol–water partition coefficient (Wildman–Crippen LogP) is 3.10. The van der Waals surface area contributed by atoms with Gasteiger partial charge >= 0.3 is 0 Å². The Morgan fingerprint density at radius 3 is 2.52 bits per heavy atom. The van der Waals surface area contributed by atoms with Gasteiger partial charge in [0, 0.05) is 19.5 Å². The molecule has 27 heavy (non-hydrogen) atoms. The highest BCUT2D eigenvalue weighted by Crippen LogP contribution is 2.28. The lowest BCUT2D eigenvalue weighted by Crippen LogP contribution is -2.40. The SMILES string of the molecule is CCCCCCCCC(=O)Nc1cc(S(=O)(=O)N2CCOCC2)ccc1O. The maximum absolute atomic E-state index is 12.7. The lowest BCUT2D eigenvalue weighted by molar-refractivity contribution is -0.116. The number of rotatable bonds is 10. The summed E-state index contributed by atoms with van der Waals surface area (Å²) < 4.78 is 32.0. The first-order valence-electron chi connectivity index (χ1n) is 9.66. The number of ether oxygens (including phenoxy) is 1. The number of nitrogens with one attached hydrogen (secondary N) is 1. The molecule has 2 rings (SSSR count). The summed E-state index contributed by atoms with van der Waals surface area (Å²) in [5.41, 5.74) is 0.125. The van der Waals surface area contributed by atoms with Crippen molar-refractivity contribution in [3.63, 3.8) is 0 Å².